The minimum atomic E-state index is -2.58. The van der Waals surface area contributed by atoms with Crippen molar-refractivity contribution in [2.45, 2.75) is 102 Å². The lowest BCUT2D eigenvalue weighted by molar-refractivity contribution is -0.146. The summed E-state index contributed by atoms with van der Waals surface area (Å²) in [5, 5.41) is 10.9. The number of carbonyl (C=O) groups is 1. The van der Waals surface area contributed by atoms with Gasteiger partial charge in [0.2, 0.25) is 0 Å². The molecule has 3 aliphatic rings. The summed E-state index contributed by atoms with van der Waals surface area (Å²) in [5.41, 5.74) is 1.18. The van der Waals surface area contributed by atoms with Crippen LogP contribution in [-0.2, 0) is 11.2 Å². The highest BCUT2D eigenvalue weighted by molar-refractivity contribution is 5.88. The number of rotatable bonds is 8. The van der Waals surface area contributed by atoms with Gasteiger partial charge in [-0.2, -0.15) is 0 Å². The lowest BCUT2D eigenvalue weighted by Gasteiger charge is -2.48. The molecular formula is C30H39F2NO3. The van der Waals surface area contributed by atoms with Crippen LogP contribution in [-0.4, -0.2) is 40.7 Å². The van der Waals surface area contributed by atoms with Crippen LogP contribution in [0.2, 0.25) is 0 Å². The van der Waals surface area contributed by atoms with Crippen LogP contribution in [0.25, 0.3) is 10.8 Å². The fourth-order valence-electron chi connectivity index (χ4n) is 6.90. The summed E-state index contributed by atoms with van der Waals surface area (Å²) in [4.78, 5) is 14.1. The standard InChI is InChI=1S/C30H39F2NO3/c1-19-7-11-25(12-8-19)36-27-14-10-21-16-20(9-13-26(21)28(27)29(31)32)4-3-15-33-23-5-2-6-24(33)18-22(17-23)30(34)35/h9-10,13-14,16,19,22-25,29H,2-8,11-12,15,17-18H2,1H3,(H,34,35). The van der Waals surface area contributed by atoms with E-state index < -0.39 is 12.4 Å². The second-order valence-electron chi connectivity index (χ2n) is 11.4. The number of alkyl halides is 2. The fraction of sp³-hybridized carbons (Fsp3) is 0.633. The molecule has 2 bridgehead atoms. The van der Waals surface area contributed by atoms with Crippen LogP contribution < -0.4 is 4.74 Å². The summed E-state index contributed by atoms with van der Waals surface area (Å²) >= 11 is 0. The molecule has 2 unspecified atom stereocenters. The van der Waals surface area contributed by atoms with Gasteiger partial charge < -0.3 is 9.84 Å². The maximum absolute atomic E-state index is 14.2. The smallest absolute Gasteiger partial charge is 0.306 e. The number of benzene rings is 2. The minimum Gasteiger partial charge on any atom is -0.490 e. The monoisotopic (exact) mass is 499 g/mol. The summed E-state index contributed by atoms with van der Waals surface area (Å²) in [6.45, 7) is 3.20. The normalized spacial score (nSPS) is 28.9. The highest BCUT2D eigenvalue weighted by atomic mass is 19.3. The van der Waals surface area contributed by atoms with E-state index in [0.717, 1.165) is 81.7 Å². The summed E-state index contributed by atoms with van der Waals surface area (Å²) < 4.78 is 34.4. The number of ether oxygens (including phenoxy) is 1. The molecule has 1 saturated carbocycles. The number of aryl methyl sites for hydroxylation is 1. The summed E-state index contributed by atoms with van der Waals surface area (Å²) in [5.74, 6) is 0.177. The van der Waals surface area contributed by atoms with E-state index in [1.54, 1.807) is 6.07 Å². The molecule has 2 saturated heterocycles. The summed E-state index contributed by atoms with van der Waals surface area (Å²) in [6.07, 6.45) is 8.26. The number of hydrogen-bond donors (Lipinski definition) is 1. The number of halogens is 2. The van der Waals surface area contributed by atoms with E-state index in [0.29, 0.717) is 29.1 Å². The molecule has 4 nitrogen and oxygen atoms in total. The average molecular weight is 500 g/mol. The van der Waals surface area contributed by atoms with E-state index in [-0.39, 0.29) is 17.6 Å². The Hall–Kier alpha value is -2.21. The first kappa shape index (κ1) is 25.4. The van der Waals surface area contributed by atoms with Crippen LogP contribution in [0.5, 0.6) is 5.75 Å². The average Bonchev–Trinajstić information content (AvgIpc) is 2.84. The van der Waals surface area contributed by atoms with Crippen LogP contribution in [0.15, 0.2) is 30.3 Å². The Balaban J connectivity index is 1.24. The molecule has 2 aromatic carbocycles. The number of piperidine rings is 2. The second-order valence-corrected chi connectivity index (χ2v) is 11.4. The molecule has 5 rings (SSSR count). The molecule has 2 heterocycles. The molecule has 0 radical (unpaired) electrons. The number of nitrogens with zero attached hydrogens (tertiary/aromatic N) is 1. The third-order valence-corrected chi connectivity index (χ3v) is 8.92. The van der Waals surface area contributed by atoms with Gasteiger partial charge in [-0.1, -0.05) is 37.6 Å². The quantitative estimate of drug-likeness (QED) is 0.412. The van der Waals surface area contributed by atoms with Gasteiger partial charge in [0, 0.05) is 12.1 Å². The van der Waals surface area contributed by atoms with Crippen molar-refractivity contribution in [2.24, 2.45) is 11.8 Å². The van der Waals surface area contributed by atoms with Crippen molar-refractivity contribution >= 4 is 16.7 Å². The first-order valence-electron chi connectivity index (χ1n) is 13.9. The molecule has 6 heteroatoms. The topological polar surface area (TPSA) is 49.8 Å². The molecule has 2 aromatic rings. The summed E-state index contributed by atoms with van der Waals surface area (Å²) in [6, 6.07) is 10.3. The Morgan fingerprint density at radius 3 is 2.44 bits per heavy atom. The maximum Gasteiger partial charge on any atom is 0.306 e. The van der Waals surface area contributed by atoms with Crippen molar-refractivity contribution < 1.29 is 23.4 Å². The molecule has 36 heavy (non-hydrogen) atoms. The molecule has 1 N–H and O–H groups in total. The van der Waals surface area contributed by atoms with E-state index in [2.05, 4.69) is 11.8 Å². The highest BCUT2D eigenvalue weighted by Gasteiger charge is 2.40. The Labute approximate surface area is 213 Å². The van der Waals surface area contributed by atoms with Gasteiger partial charge in [-0.3, -0.25) is 9.69 Å². The van der Waals surface area contributed by atoms with Crippen molar-refractivity contribution in [3.05, 3.63) is 41.5 Å². The zero-order chi connectivity index (χ0) is 25.2. The number of carboxylic acid groups (broad SMARTS) is 1. The molecule has 3 fully saturated rings. The Bertz CT molecular complexity index is 1050. The van der Waals surface area contributed by atoms with Gasteiger partial charge in [-0.05, 0) is 99.1 Å². The number of aliphatic carboxylic acids is 1. The molecule has 196 valence electrons. The lowest BCUT2D eigenvalue weighted by Crippen LogP contribution is -2.53. The van der Waals surface area contributed by atoms with E-state index >= 15 is 0 Å². The Kier molecular flexibility index (Phi) is 7.80. The summed E-state index contributed by atoms with van der Waals surface area (Å²) in [7, 11) is 0. The van der Waals surface area contributed by atoms with Crippen molar-refractivity contribution in [3.63, 3.8) is 0 Å². The van der Waals surface area contributed by atoms with Gasteiger partial charge in [0.1, 0.15) is 5.75 Å². The first-order valence-corrected chi connectivity index (χ1v) is 13.9. The SMILES string of the molecule is CC1CCC(Oc2ccc3cc(CCCN4C5CCCC4CC(C(=O)O)C5)ccc3c2C(F)F)CC1. The number of fused-ring (bicyclic) bond motifs is 3. The van der Waals surface area contributed by atoms with E-state index in [1.165, 1.54) is 6.42 Å². The van der Waals surface area contributed by atoms with Gasteiger partial charge in [-0.25, -0.2) is 8.78 Å². The Morgan fingerprint density at radius 2 is 1.78 bits per heavy atom. The van der Waals surface area contributed by atoms with Crippen LogP contribution in [0.3, 0.4) is 0 Å². The zero-order valence-corrected chi connectivity index (χ0v) is 21.3. The number of carboxylic acids is 1. The molecule has 2 aliphatic heterocycles. The van der Waals surface area contributed by atoms with Crippen LogP contribution >= 0.6 is 0 Å². The minimum absolute atomic E-state index is 0.0202. The molecule has 0 aromatic heterocycles. The Morgan fingerprint density at radius 1 is 1.06 bits per heavy atom. The lowest BCUT2D eigenvalue weighted by atomic mass is 9.78. The van der Waals surface area contributed by atoms with Gasteiger partial charge >= 0.3 is 5.97 Å². The van der Waals surface area contributed by atoms with Gasteiger partial charge in [-0.15, -0.1) is 0 Å². The van der Waals surface area contributed by atoms with Crippen molar-refractivity contribution in [3.8, 4) is 5.75 Å². The van der Waals surface area contributed by atoms with Crippen molar-refractivity contribution in [2.75, 3.05) is 6.54 Å². The molecule has 0 spiro atoms. The zero-order valence-electron chi connectivity index (χ0n) is 21.3. The predicted octanol–water partition coefficient (Wildman–Crippen LogP) is 7.39. The highest BCUT2D eigenvalue weighted by Crippen LogP contribution is 2.39. The van der Waals surface area contributed by atoms with Gasteiger partial charge in [0.15, 0.2) is 0 Å². The van der Waals surface area contributed by atoms with Crippen LogP contribution in [0, 0.1) is 11.8 Å². The predicted molar refractivity (Wildman–Crippen MR) is 138 cm³/mol. The second kappa shape index (κ2) is 11.0. The molecule has 1 aliphatic carbocycles. The third-order valence-electron chi connectivity index (χ3n) is 8.92. The van der Waals surface area contributed by atoms with Crippen LogP contribution in [0.4, 0.5) is 8.78 Å². The van der Waals surface area contributed by atoms with Crippen molar-refractivity contribution in [1.29, 1.82) is 0 Å². The molecule has 2 atom stereocenters. The van der Waals surface area contributed by atoms with Crippen LogP contribution in [0.1, 0.15) is 88.7 Å². The van der Waals surface area contributed by atoms with E-state index in [4.69, 9.17) is 4.74 Å². The van der Waals surface area contributed by atoms with Gasteiger partial charge in [0.25, 0.3) is 6.43 Å². The maximum atomic E-state index is 14.2. The number of hydrogen-bond acceptors (Lipinski definition) is 3. The van der Waals surface area contributed by atoms with E-state index in [9.17, 15) is 18.7 Å². The first-order chi connectivity index (χ1) is 17.4. The van der Waals surface area contributed by atoms with Gasteiger partial charge in [0.05, 0.1) is 17.6 Å². The van der Waals surface area contributed by atoms with Crippen molar-refractivity contribution in [1.82, 2.24) is 4.90 Å². The largest absolute Gasteiger partial charge is 0.490 e. The van der Waals surface area contributed by atoms with E-state index in [1.807, 2.05) is 24.3 Å². The fourth-order valence-corrected chi connectivity index (χ4v) is 6.90. The molecule has 0 amide bonds. The third kappa shape index (κ3) is 5.53. The molecular weight excluding hydrogens is 460 g/mol.